The van der Waals surface area contributed by atoms with Crippen LogP contribution in [0.3, 0.4) is 0 Å². The molecule has 0 aliphatic rings. The highest BCUT2D eigenvalue weighted by Crippen LogP contribution is 2.35. The molecule has 0 aliphatic carbocycles. The van der Waals surface area contributed by atoms with Crippen molar-refractivity contribution in [1.82, 2.24) is 59.7 Å². The van der Waals surface area contributed by atoms with E-state index in [9.17, 15) is 32.3 Å². The van der Waals surface area contributed by atoms with Gasteiger partial charge >= 0.3 is 11.9 Å². The SMILES string of the molecule is C.C.C.C.C.CC(C)C(C)(O)C(F)(F)F.CC(C)c1cocc(O)c1=O.CC(C)c1nn[nH]n1.CC(C)c1noc(=O)[nH]1.CNC(=O)C(C)C.CNC(=O)C(C)C.Cc1nocc1C(C)C.Cc1nscc1C(C)C.Cc1nsnc1C(C)C. The van der Waals surface area contributed by atoms with Crippen LogP contribution in [0.1, 0.15) is 255 Å². The average molecular weight is 1240 g/mol. The maximum Gasteiger partial charge on any atom is 0.438 e. The summed E-state index contributed by atoms with van der Waals surface area (Å²) in [6.45, 7) is 41.4. The molecular weight excluding hydrogens is 1130 g/mol. The number of carbonyl (C=O) groups is 2. The molecule has 0 saturated carbocycles. The van der Waals surface area contributed by atoms with Crippen LogP contribution in [0.4, 0.5) is 13.2 Å². The minimum atomic E-state index is -4.53. The lowest BCUT2D eigenvalue weighted by molar-refractivity contribution is -0.267. The van der Waals surface area contributed by atoms with Crippen molar-refractivity contribution in [2.24, 2.45) is 17.8 Å². The Morgan fingerprint density at radius 1 is 0.631 bits per heavy atom. The lowest BCUT2D eigenvalue weighted by Gasteiger charge is -2.29. The number of aromatic amines is 2. The van der Waals surface area contributed by atoms with Gasteiger partial charge in [0.25, 0.3) is 0 Å². The Balaban J connectivity index is -0.000000128. The highest BCUT2D eigenvalue weighted by atomic mass is 32.1. The monoisotopic (exact) mass is 1240 g/mol. The number of aromatic hydroxyl groups is 1. The van der Waals surface area contributed by atoms with Crippen LogP contribution in [0.5, 0.6) is 5.75 Å². The molecule has 26 heteroatoms. The van der Waals surface area contributed by atoms with Gasteiger partial charge in [-0.15, -0.1) is 10.2 Å². The van der Waals surface area contributed by atoms with Crippen LogP contribution >= 0.6 is 23.3 Å². The third-order valence-corrected chi connectivity index (χ3v) is 12.0. The zero-order valence-corrected chi connectivity index (χ0v) is 52.4. The molecule has 6 aromatic rings. The molecule has 6 rings (SSSR count). The van der Waals surface area contributed by atoms with Gasteiger partial charge in [0, 0.05) is 54.3 Å². The topological polar surface area (TPSA) is 307 Å². The molecule has 1 atom stereocenters. The van der Waals surface area contributed by atoms with Crippen molar-refractivity contribution in [2.75, 3.05) is 14.1 Å². The zero-order valence-electron chi connectivity index (χ0n) is 50.8. The fourth-order valence-corrected chi connectivity index (χ4v) is 6.66. The summed E-state index contributed by atoms with van der Waals surface area (Å²) in [5.74, 6) is 2.51. The van der Waals surface area contributed by atoms with Gasteiger partial charge in [-0.2, -0.15) is 31.5 Å². The van der Waals surface area contributed by atoms with Crippen LogP contribution < -0.4 is 21.8 Å². The first-order valence-corrected chi connectivity index (χ1v) is 27.3. The van der Waals surface area contributed by atoms with Crippen LogP contribution in [0.15, 0.2) is 47.2 Å². The standard InChI is InChI=1S/C8H10O3.C7H11NO.C7H11NS.C6H11F3O.C6H10N2S.C5H8N2O2.2C5H11NO.C4H8N4.5CH4/c1-5(2)6-3-11-4-7(9)8(6)10;2*1-5(2)7-4-9-8-6(7)3;1-4(2)5(3,10)6(7,8)9;1-4(2)6-5(3)7-9-8-6;1-3(2)4-6-5(8)9-7-4;2*1-4(2)5(7)6-3;1-3(2)4-5-7-8-6-4;;;;;/h3-5,9H,1-2H3;2*4-5H,1-3H3;4,10H,1-3H3;4H,1-3H3;3H,1-2H3,(H,6,7,8);2*4H,1-3H3,(H,6,7);3H,1-2H3,(H,5,6,7,8);5*1H4. The largest absolute Gasteiger partial charge is 0.502 e. The maximum atomic E-state index is 11.8. The molecule has 0 radical (unpaired) electrons. The van der Waals surface area contributed by atoms with Crippen molar-refractivity contribution >= 4 is 35.1 Å². The number of alkyl halides is 3. The molecule has 1 unspecified atom stereocenters. The number of tetrazole rings is 1. The Hall–Kier alpha value is -6.15. The molecule has 0 aliphatic heterocycles. The Morgan fingerprint density at radius 3 is 1.30 bits per heavy atom. The number of carbonyl (C=O) groups excluding carboxylic acids is 2. The van der Waals surface area contributed by atoms with E-state index in [0.29, 0.717) is 35.1 Å². The van der Waals surface area contributed by atoms with Gasteiger partial charge in [0.1, 0.15) is 12.5 Å². The minimum absolute atomic E-state index is 0. The number of nitrogens with zero attached hydrogens (tertiary/aromatic N) is 8. The minimum Gasteiger partial charge on any atom is -0.502 e. The third-order valence-electron chi connectivity index (χ3n) is 10.7. The summed E-state index contributed by atoms with van der Waals surface area (Å²) in [4.78, 5) is 44.7. The van der Waals surface area contributed by atoms with E-state index in [-0.39, 0.29) is 83.8 Å². The van der Waals surface area contributed by atoms with E-state index in [0.717, 1.165) is 36.1 Å². The van der Waals surface area contributed by atoms with Crippen molar-refractivity contribution in [3.63, 3.8) is 0 Å². The van der Waals surface area contributed by atoms with Crippen LogP contribution in [0.25, 0.3) is 0 Å². The second-order valence-electron chi connectivity index (χ2n) is 20.5. The number of H-pyrrole nitrogens is 2. The number of aliphatic hydroxyl groups is 1. The summed E-state index contributed by atoms with van der Waals surface area (Å²) in [5, 5.41) is 45.5. The molecule has 6 N–H and O–H groups in total. The average Bonchev–Trinajstić information content (AvgIpc) is 4.23. The number of rotatable bonds is 9. The third kappa shape index (κ3) is 38.7. The fraction of sp³-hybridized carbons (Fsp3) is 0.690. The van der Waals surface area contributed by atoms with E-state index in [4.69, 9.17) is 19.2 Å². The first kappa shape index (κ1) is 94.2. The Kier molecular flexibility index (Phi) is 54.0. The quantitative estimate of drug-likeness (QED) is 0.0783. The van der Waals surface area contributed by atoms with E-state index in [1.807, 2.05) is 83.1 Å². The van der Waals surface area contributed by atoms with E-state index in [2.05, 4.69) is 118 Å². The van der Waals surface area contributed by atoms with Crippen LogP contribution in [-0.2, 0) is 9.59 Å². The highest BCUT2D eigenvalue weighted by Gasteiger charge is 2.51. The number of aryl methyl sites for hydroxylation is 3. The van der Waals surface area contributed by atoms with Crippen molar-refractivity contribution in [2.45, 2.75) is 237 Å². The highest BCUT2D eigenvalue weighted by molar-refractivity contribution is 7.03. The molecule has 0 saturated heterocycles. The number of hydrogen-bond donors (Lipinski definition) is 6. The predicted molar refractivity (Wildman–Crippen MR) is 338 cm³/mol. The van der Waals surface area contributed by atoms with Gasteiger partial charge in [-0.1, -0.05) is 177 Å². The fourth-order valence-electron chi connectivity index (χ4n) is 5.10. The Morgan fingerprint density at radius 2 is 1.12 bits per heavy atom. The van der Waals surface area contributed by atoms with Gasteiger partial charge in [-0.05, 0) is 74.4 Å². The van der Waals surface area contributed by atoms with Crippen LogP contribution in [0, 0.1) is 38.5 Å². The summed E-state index contributed by atoms with van der Waals surface area (Å²) < 4.78 is 61.6. The number of nitrogens with one attached hydrogen (secondary N) is 4. The van der Waals surface area contributed by atoms with Gasteiger partial charge in [0.2, 0.25) is 17.2 Å². The predicted octanol–water partition coefficient (Wildman–Crippen LogP) is 14.8. The molecule has 0 spiro atoms. The number of aromatic nitrogens is 10. The van der Waals surface area contributed by atoms with Crippen molar-refractivity contribution in [3.8, 4) is 5.75 Å². The molecule has 490 valence electrons. The zero-order chi connectivity index (χ0) is 62.1. The smallest absolute Gasteiger partial charge is 0.438 e. The van der Waals surface area contributed by atoms with Crippen molar-refractivity contribution < 1.29 is 46.4 Å². The van der Waals surface area contributed by atoms with E-state index in [1.165, 1.54) is 48.7 Å². The summed E-state index contributed by atoms with van der Waals surface area (Å²) >= 11 is 2.84. The molecule has 84 heavy (non-hydrogen) atoms. The molecule has 0 aromatic carbocycles. The van der Waals surface area contributed by atoms with E-state index >= 15 is 0 Å². The van der Waals surface area contributed by atoms with Crippen LogP contribution in [-0.4, -0.2) is 96.9 Å². The van der Waals surface area contributed by atoms with Gasteiger partial charge in [-0.25, -0.2) is 4.79 Å². The molecule has 6 aromatic heterocycles. The van der Waals surface area contributed by atoms with Crippen LogP contribution in [0.2, 0.25) is 0 Å². The second kappa shape index (κ2) is 48.1. The normalized spacial score (nSPS) is 10.7. The molecule has 2 amide bonds. The van der Waals surface area contributed by atoms with Crippen molar-refractivity contribution in [1.29, 1.82) is 0 Å². The Labute approximate surface area is 509 Å². The summed E-state index contributed by atoms with van der Waals surface area (Å²) in [5.41, 5.74) is 4.61. The number of halogens is 3. The van der Waals surface area contributed by atoms with Crippen molar-refractivity contribution in [3.05, 3.63) is 96.1 Å². The van der Waals surface area contributed by atoms with Gasteiger partial charge < -0.3 is 29.8 Å². The number of hydrogen-bond acceptors (Lipinski definition) is 19. The first-order valence-electron chi connectivity index (χ1n) is 25.7. The molecule has 0 bridgehead atoms. The lowest BCUT2D eigenvalue weighted by Crippen LogP contribution is -2.46. The Bertz CT molecular complexity index is 2510. The summed E-state index contributed by atoms with van der Waals surface area (Å²) in [7, 11) is 3.28. The van der Waals surface area contributed by atoms with E-state index in [1.54, 1.807) is 31.9 Å². The molecular formula is C58H111F3N12O9S2. The molecule has 6 heterocycles. The summed E-state index contributed by atoms with van der Waals surface area (Å²) in [6, 6.07) is 0. The maximum absolute atomic E-state index is 11.8. The second-order valence-corrected chi connectivity index (χ2v) is 21.7. The molecule has 21 nitrogen and oxygen atoms in total. The lowest BCUT2D eigenvalue weighted by atomic mass is 9.92. The van der Waals surface area contributed by atoms with Gasteiger partial charge in [0.05, 0.1) is 40.8 Å². The first-order chi connectivity index (χ1) is 36.3. The molecule has 0 fully saturated rings. The van der Waals surface area contributed by atoms with E-state index < -0.39 is 23.5 Å². The van der Waals surface area contributed by atoms with Gasteiger partial charge in [-0.3, -0.25) is 23.9 Å². The number of amides is 2. The summed E-state index contributed by atoms with van der Waals surface area (Å²) in [6.07, 6.45) is -0.415. The van der Waals surface area contributed by atoms with Gasteiger partial charge in [0.15, 0.2) is 23.0 Å².